The summed E-state index contributed by atoms with van der Waals surface area (Å²) in [5.41, 5.74) is 0. The van der Waals surface area contributed by atoms with Gasteiger partial charge in [0.1, 0.15) is 5.76 Å². The van der Waals surface area contributed by atoms with E-state index in [0.717, 1.165) is 4.73 Å². The van der Waals surface area contributed by atoms with Crippen molar-refractivity contribution >= 4 is 23.5 Å². The minimum Gasteiger partial charge on any atom is -0.618 e. The van der Waals surface area contributed by atoms with Gasteiger partial charge in [0.25, 0.3) is 5.03 Å². The van der Waals surface area contributed by atoms with E-state index in [0.29, 0.717) is 23.0 Å². The van der Waals surface area contributed by atoms with E-state index in [1.807, 2.05) is 6.92 Å². The van der Waals surface area contributed by atoms with E-state index in [9.17, 15) is 10.0 Å². The Bertz CT molecular complexity index is 600. The lowest BCUT2D eigenvalue weighted by Crippen LogP contribution is -2.31. The number of nitrogens with zero attached hydrogens (tertiary/aromatic N) is 2. The smallest absolute Gasteiger partial charge is 0.252 e. The molecule has 0 radical (unpaired) electrons. The first kappa shape index (κ1) is 14.4. The lowest BCUT2D eigenvalue weighted by molar-refractivity contribution is -0.645. The molecule has 1 atom stereocenters. The standard InChI is InChI=1S/C13H15N3O3S/c1-3-10(20-12-6-4-5-7-16(12)18)13(17)14-11-8-9(2)19-15-11/h4-8,10H,3H2,1-2H3,(H,14,15,17)/t10-/m1/s1. The second kappa shape index (κ2) is 6.42. The van der Waals surface area contributed by atoms with Crippen LogP contribution in [0.1, 0.15) is 19.1 Å². The summed E-state index contributed by atoms with van der Waals surface area (Å²) in [6, 6.07) is 6.75. The molecule has 2 heterocycles. The minimum atomic E-state index is -0.366. The van der Waals surface area contributed by atoms with Crippen molar-refractivity contribution in [3.8, 4) is 0 Å². The van der Waals surface area contributed by atoms with Gasteiger partial charge in [-0.15, -0.1) is 0 Å². The van der Waals surface area contributed by atoms with Gasteiger partial charge in [0, 0.05) is 18.2 Å². The predicted octanol–water partition coefficient (Wildman–Crippen LogP) is 2.13. The van der Waals surface area contributed by atoms with Gasteiger partial charge in [0.15, 0.2) is 12.0 Å². The summed E-state index contributed by atoms with van der Waals surface area (Å²) in [7, 11) is 0. The highest BCUT2D eigenvalue weighted by molar-refractivity contribution is 8.00. The fourth-order valence-electron chi connectivity index (χ4n) is 1.60. The van der Waals surface area contributed by atoms with Crippen molar-refractivity contribution in [3.05, 3.63) is 41.4 Å². The van der Waals surface area contributed by atoms with E-state index in [1.165, 1.54) is 18.0 Å². The topological polar surface area (TPSA) is 82.1 Å². The van der Waals surface area contributed by atoms with Crippen molar-refractivity contribution in [1.82, 2.24) is 5.16 Å². The molecule has 7 heteroatoms. The van der Waals surface area contributed by atoms with E-state index < -0.39 is 0 Å². The molecule has 0 fully saturated rings. The number of aryl methyl sites for hydroxylation is 1. The summed E-state index contributed by atoms with van der Waals surface area (Å²) in [4.78, 5) is 12.1. The molecule has 0 aliphatic rings. The molecule has 0 bridgehead atoms. The highest BCUT2D eigenvalue weighted by Gasteiger charge is 2.22. The maximum absolute atomic E-state index is 12.1. The summed E-state index contributed by atoms with van der Waals surface area (Å²) in [5.74, 6) is 0.811. The Morgan fingerprint density at radius 1 is 1.60 bits per heavy atom. The number of thioether (sulfide) groups is 1. The Balaban J connectivity index is 2.04. The van der Waals surface area contributed by atoms with Crippen molar-refractivity contribution in [2.45, 2.75) is 30.5 Å². The van der Waals surface area contributed by atoms with Crippen LogP contribution in [-0.4, -0.2) is 16.3 Å². The highest BCUT2D eigenvalue weighted by Crippen LogP contribution is 2.23. The number of rotatable bonds is 5. The average molecular weight is 293 g/mol. The third-order valence-corrected chi connectivity index (χ3v) is 3.98. The van der Waals surface area contributed by atoms with Crippen LogP contribution in [0.5, 0.6) is 0 Å². The molecule has 0 spiro atoms. The van der Waals surface area contributed by atoms with E-state index in [1.54, 1.807) is 31.2 Å². The summed E-state index contributed by atoms with van der Waals surface area (Å²) in [5, 5.41) is 18.1. The molecule has 0 aromatic carbocycles. The molecule has 0 saturated heterocycles. The maximum Gasteiger partial charge on any atom is 0.252 e. The van der Waals surface area contributed by atoms with Gasteiger partial charge < -0.3 is 15.0 Å². The van der Waals surface area contributed by atoms with Crippen molar-refractivity contribution in [2.75, 3.05) is 5.32 Å². The van der Waals surface area contributed by atoms with Gasteiger partial charge in [0.05, 0.1) is 5.25 Å². The summed E-state index contributed by atoms with van der Waals surface area (Å²) in [6.07, 6.45) is 2.01. The fourth-order valence-corrected chi connectivity index (χ4v) is 2.55. The van der Waals surface area contributed by atoms with Gasteiger partial charge in [-0.05, 0) is 31.2 Å². The van der Waals surface area contributed by atoms with Crippen LogP contribution >= 0.6 is 11.8 Å². The van der Waals surface area contributed by atoms with E-state index >= 15 is 0 Å². The van der Waals surface area contributed by atoms with Crippen LogP contribution in [0.4, 0.5) is 5.82 Å². The fraction of sp³-hybridized carbons (Fsp3) is 0.308. The normalized spacial score (nSPS) is 12.1. The second-order valence-electron chi connectivity index (χ2n) is 4.19. The number of anilines is 1. The molecule has 0 saturated carbocycles. The van der Waals surface area contributed by atoms with Gasteiger partial charge in [0.2, 0.25) is 5.91 Å². The van der Waals surface area contributed by atoms with E-state index in [-0.39, 0.29) is 11.2 Å². The first-order valence-electron chi connectivity index (χ1n) is 6.19. The molecular weight excluding hydrogens is 278 g/mol. The molecule has 2 rings (SSSR count). The Morgan fingerprint density at radius 2 is 2.40 bits per heavy atom. The average Bonchev–Trinajstić information content (AvgIpc) is 2.83. The van der Waals surface area contributed by atoms with E-state index in [4.69, 9.17) is 4.52 Å². The number of hydrogen-bond donors (Lipinski definition) is 1. The van der Waals surface area contributed by atoms with Crippen LogP contribution in [0.3, 0.4) is 0 Å². The molecular formula is C13H15N3O3S. The van der Waals surface area contributed by atoms with Crippen LogP contribution in [0, 0.1) is 12.1 Å². The van der Waals surface area contributed by atoms with Crippen LogP contribution < -0.4 is 10.0 Å². The predicted molar refractivity (Wildman–Crippen MR) is 75.2 cm³/mol. The quantitative estimate of drug-likeness (QED) is 0.519. The number of carbonyl (C=O) groups is 1. The Hall–Kier alpha value is -2.02. The molecule has 20 heavy (non-hydrogen) atoms. The number of pyridine rings is 1. The van der Waals surface area contributed by atoms with Crippen LogP contribution in [-0.2, 0) is 4.79 Å². The highest BCUT2D eigenvalue weighted by atomic mass is 32.2. The molecule has 0 aliphatic heterocycles. The van der Waals surface area contributed by atoms with Crippen molar-refractivity contribution in [3.63, 3.8) is 0 Å². The number of aromatic nitrogens is 2. The molecule has 1 amide bonds. The molecule has 2 aromatic heterocycles. The van der Waals surface area contributed by atoms with E-state index in [2.05, 4.69) is 10.5 Å². The lowest BCUT2D eigenvalue weighted by Gasteiger charge is -2.12. The number of hydrogen-bond acceptors (Lipinski definition) is 5. The number of amides is 1. The van der Waals surface area contributed by atoms with Crippen LogP contribution in [0.15, 0.2) is 40.0 Å². The van der Waals surface area contributed by atoms with Gasteiger partial charge >= 0.3 is 0 Å². The molecule has 106 valence electrons. The minimum absolute atomic E-state index is 0.199. The van der Waals surface area contributed by atoms with Gasteiger partial charge in [-0.3, -0.25) is 4.79 Å². The monoisotopic (exact) mass is 293 g/mol. The van der Waals surface area contributed by atoms with Gasteiger partial charge in [-0.2, -0.15) is 4.73 Å². The van der Waals surface area contributed by atoms with Crippen molar-refractivity contribution in [2.24, 2.45) is 0 Å². The molecule has 0 aliphatic carbocycles. The summed E-state index contributed by atoms with van der Waals surface area (Å²) < 4.78 is 5.64. The third-order valence-electron chi connectivity index (χ3n) is 2.59. The molecule has 1 N–H and O–H groups in total. The van der Waals surface area contributed by atoms with Crippen molar-refractivity contribution in [1.29, 1.82) is 0 Å². The first-order chi connectivity index (χ1) is 9.60. The molecule has 6 nitrogen and oxygen atoms in total. The Morgan fingerprint density at radius 3 is 3.00 bits per heavy atom. The Labute approximate surface area is 120 Å². The maximum atomic E-state index is 12.1. The SMILES string of the molecule is CC[C@@H](Sc1cccc[n+]1[O-])C(=O)Nc1cc(C)on1. The Kier molecular flexibility index (Phi) is 4.62. The van der Waals surface area contributed by atoms with Crippen LogP contribution in [0.25, 0.3) is 0 Å². The molecule has 2 aromatic rings. The summed E-state index contributed by atoms with van der Waals surface area (Å²) >= 11 is 1.23. The zero-order chi connectivity index (χ0) is 14.5. The lowest BCUT2D eigenvalue weighted by atomic mass is 10.3. The zero-order valence-electron chi connectivity index (χ0n) is 11.2. The number of carbonyl (C=O) groups excluding carboxylic acids is 1. The molecule has 0 unspecified atom stereocenters. The second-order valence-corrected chi connectivity index (χ2v) is 5.41. The van der Waals surface area contributed by atoms with Gasteiger partial charge in [-0.1, -0.05) is 12.1 Å². The van der Waals surface area contributed by atoms with Crippen molar-refractivity contribution < 1.29 is 14.0 Å². The summed E-state index contributed by atoms with van der Waals surface area (Å²) in [6.45, 7) is 3.64. The zero-order valence-corrected chi connectivity index (χ0v) is 12.0. The van der Waals surface area contributed by atoms with Crippen LogP contribution in [0.2, 0.25) is 0 Å². The third kappa shape index (κ3) is 3.51. The largest absolute Gasteiger partial charge is 0.618 e. The first-order valence-corrected chi connectivity index (χ1v) is 7.07. The number of nitrogens with one attached hydrogen (secondary N) is 1. The van der Waals surface area contributed by atoms with Gasteiger partial charge in [-0.25, -0.2) is 0 Å².